The lowest BCUT2D eigenvalue weighted by Crippen LogP contribution is -2.27. The third-order valence-corrected chi connectivity index (χ3v) is 6.14. The number of nitrogens with one attached hydrogen (secondary N) is 3. The zero-order valence-corrected chi connectivity index (χ0v) is 17.6. The van der Waals surface area contributed by atoms with E-state index in [1.54, 1.807) is 12.4 Å². The summed E-state index contributed by atoms with van der Waals surface area (Å²) in [6.45, 7) is 1.99. The molecule has 3 N–H and O–H groups in total. The number of H-pyrrole nitrogens is 2. The first-order valence-electron chi connectivity index (χ1n) is 10.8. The van der Waals surface area contributed by atoms with Gasteiger partial charge in [-0.15, -0.1) is 0 Å². The summed E-state index contributed by atoms with van der Waals surface area (Å²) in [7, 11) is 0. The molecule has 1 fully saturated rings. The Kier molecular flexibility index (Phi) is 4.28. The fraction of sp³-hybridized carbons (Fsp3) is 0.200. The number of amides is 1. The Morgan fingerprint density at radius 3 is 2.59 bits per heavy atom. The molecular weight excluding hydrogens is 400 g/mol. The van der Waals surface area contributed by atoms with Crippen LogP contribution < -0.4 is 5.32 Å². The molecule has 1 unspecified atom stereocenters. The standard InChI is InChI=1S/C25H22N6O/c1-14(17-3-2-4-18(11-17)15-5-6-15)27-25(32)24-28-21-12-19-20(13-22(21)29-24)30-31-23(19)16-7-9-26-10-8-16/h2-4,7-15,30-31H,5-6H2,1H3,(H,27,32). The number of carbonyl (C=O) groups excluding carboxylic acids is 1. The normalized spacial score (nSPS) is 14.7. The number of hydrogen-bond donors (Lipinski definition) is 3. The highest BCUT2D eigenvalue weighted by molar-refractivity contribution is 6.02. The van der Waals surface area contributed by atoms with Crippen LogP contribution >= 0.6 is 0 Å². The maximum Gasteiger partial charge on any atom is 0.289 e. The van der Waals surface area contributed by atoms with Crippen molar-refractivity contribution in [2.45, 2.75) is 31.7 Å². The first kappa shape index (κ1) is 18.7. The van der Waals surface area contributed by atoms with Crippen LogP contribution in [-0.2, 0) is 0 Å². The molecule has 5 aromatic rings. The average molecular weight is 422 g/mol. The summed E-state index contributed by atoms with van der Waals surface area (Å²) in [6.07, 6.45) is 6.03. The van der Waals surface area contributed by atoms with E-state index in [2.05, 4.69) is 54.7 Å². The highest BCUT2D eigenvalue weighted by Gasteiger charge is 2.24. The fourth-order valence-corrected chi connectivity index (χ4v) is 4.21. The third kappa shape index (κ3) is 3.32. The van der Waals surface area contributed by atoms with Crippen molar-refractivity contribution in [2.24, 2.45) is 0 Å². The summed E-state index contributed by atoms with van der Waals surface area (Å²) in [5.74, 6) is 0.600. The number of benzene rings is 2. The van der Waals surface area contributed by atoms with Crippen LogP contribution in [0.4, 0.5) is 0 Å². The minimum atomic E-state index is -0.268. The number of aromatic nitrogens is 5. The van der Waals surface area contributed by atoms with Crippen LogP contribution in [0, 0.1) is 0 Å². The minimum Gasteiger partial charge on any atom is -0.343 e. The summed E-state index contributed by atoms with van der Waals surface area (Å²) in [5, 5.41) is 10.4. The van der Waals surface area contributed by atoms with Crippen molar-refractivity contribution in [1.29, 1.82) is 0 Å². The average Bonchev–Trinajstić information content (AvgIpc) is 3.47. The van der Waals surface area contributed by atoms with Crippen molar-refractivity contribution < 1.29 is 4.79 Å². The topological polar surface area (TPSA) is 99.3 Å². The molecule has 3 aromatic heterocycles. The second-order valence-electron chi connectivity index (χ2n) is 8.43. The maximum atomic E-state index is 12.9. The van der Waals surface area contributed by atoms with Gasteiger partial charge in [-0.05, 0) is 61.1 Å². The molecule has 0 aliphatic heterocycles. The van der Waals surface area contributed by atoms with Crippen molar-refractivity contribution in [3.63, 3.8) is 0 Å². The SMILES string of the molecule is CC(NC(=O)c1nc2cc3[nH][nH]c(-c4ccncc4)c3cc2n1)c1cccc(C2CC2)c1. The van der Waals surface area contributed by atoms with Gasteiger partial charge in [-0.25, -0.2) is 9.97 Å². The fourth-order valence-electron chi connectivity index (χ4n) is 4.21. The van der Waals surface area contributed by atoms with Crippen molar-refractivity contribution >= 4 is 27.8 Å². The van der Waals surface area contributed by atoms with E-state index in [1.165, 1.54) is 18.4 Å². The Morgan fingerprint density at radius 2 is 1.81 bits per heavy atom. The summed E-state index contributed by atoms with van der Waals surface area (Å²) >= 11 is 0. The Balaban J connectivity index is 1.28. The molecule has 32 heavy (non-hydrogen) atoms. The first-order chi connectivity index (χ1) is 15.7. The van der Waals surface area contributed by atoms with Gasteiger partial charge in [0.2, 0.25) is 5.82 Å². The molecule has 1 saturated carbocycles. The zero-order chi connectivity index (χ0) is 21.7. The minimum absolute atomic E-state index is 0.120. The number of rotatable bonds is 5. The van der Waals surface area contributed by atoms with Gasteiger partial charge in [-0.2, -0.15) is 0 Å². The predicted molar refractivity (Wildman–Crippen MR) is 123 cm³/mol. The van der Waals surface area contributed by atoms with E-state index >= 15 is 0 Å². The number of hydrogen-bond acceptors (Lipinski definition) is 4. The van der Waals surface area contributed by atoms with Gasteiger partial charge in [0, 0.05) is 23.3 Å². The van der Waals surface area contributed by atoms with E-state index in [4.69, 9.17) is 0 Å². The van der Waals surface area contributed by atoms with Gasteiger partial charge in [-0.1, -0.05) is 24.3 Å². The lowest BCUT2D eigenvalue weighted by Gasteiger charge is -2.14. The first-order valence-corrected chi connectivity index (χ1v) is 10.8. The third-order valence-electron chi connectivity index (χ3n) is 6.14. The summed E-state index contributed by atoms with van der Waals surface area (Å²) in [5.41, 5.74) is 6.70. The molecule has 7 heteroatoms. The molecule has 0 radical (unpaired) electrons. The number of imidazole rings is 1. The molecule has 1 amide bonds. The van der Waals surface area contributed by atoms with Crippen molar-refractivity contribution in [3.8, 4) is 11.3 Å². The van der Waals surface area contributed by atoms with Gasteiger partial charge in [0.05, 0.1) is 28.3 Å². The molecule has 3 heterocycles. The quantitative estimate of drug-likeness (QED) is 0.376. The van der Waals surface area contributed by atoms with Gasteiger partial charge < -0.3 is 10.4 Å². The summed E-state index contributed by atoms with van der Waals surface area (Å²) in [6, 6.07) is 16.1. The molecule has 7 nitrogen and oxygen atoms in total. The second-order valence-corrected chi connectivity index (χ2v) is 8.43. The second kappa shape index (κ2) is 7.30. The molecule has 2 aromatic carbocycles. The number of nitrogens with zero attached hydrogens (tertiary/aromatic N) is 3. The molecule has 0 saturated heterocycles. The van der Waals surface area contributed by atoms with E-state index in [9.17, 15) is 4.79 Å². The Morgan fingerprint density at radius 1 is 1.03 bits per heavy atom. The van der Waals surface area contributed by atoms with Crippen molar-refractivity contribution in [2.75, 3.05) is 0 Å². The predicted octanol–water partition coefficient (Wildman–Crippen LogP) is 4.87. The molecule has 6 rings (SSSR count). The van der Waals surface area contributed by atoms with E-state index in [0.717, 1.165) is 27.7 Å². The van der Waals surface area contributed by atoms with Crippen LogP contribution in [0.3, 0.4) is 0 Å². The Labute approximate surface area is 184 Å². The van der Waals surface area contributed by atoms with E-state index < -0.39 is 0 Å². The number of carbonyl (C=O) groups is 1. The van der Waals surface area contributed by atoms with Crippen LogP contribution in [-0.4, -0.2) is 31.1 Å². The molecule has 158 valence electrons. The van der Waals surface area contributed by atoms with Gasteiger partial charge in [0.25, 0.3) is 5.91 Å². The largest absolute Gasteiger partial charge is 0.343 e. The van der Waals surface area contributed by atoms with E-state index in [-0.39, 0.29) is 17.8 Å². The molecule has 1 aliphatic carbocycles. The molecular formula is C25H22N6O. The van der Waals surface area contributed by atoms with Crippen molar-refractivity contribution in [3.05, 3.63) is 77.9 Å². The van der Waals surface area contributed by atoms with Gasteiger partial charge in [0.15, 0.2) is 0 Å². The molecule has 1 aliphatic rings. The lowest BCUT2D eigenvalue weighted by atomic mass is 10.0. The monoisotopic (exact) mass is 422 g/mol. The lowest BCUT2D eigenvalue weighted by molar-refractivity contribution is 0.0930. The molecule has 0 spiro atoms. The number of pyridine rings is 1. The van der Waals surface area contributed by atoms with Crippen LogP contribution in [0.1, 0.15) is 53.5 Å². The smallest absolute Gasteiger partial charge is 0.289 e. The molecule has 0 bridgehead atoms. The van der Waals surface area contributed by atoms with E-state index in [1.807, 2.05) is 31.2 Å². The van der Waals surface area contributed by atoms with E-state index in [0.29, 0.717) is 17.0 Å². The molecule has 1 atom stereocenters. The number of aromatic amines is 2. The van der Waals surface area contributed by atoms with Crippen LogP contribution in [0.15, 0.2) is 60.9 Å². The Hall–Kier alpha value is -4.00. The summed E-state index contributed by atoms with van der Waals surface area (Å²) < 4.78 is 0. The summed E-state index contributed by atoms with van der Waals surface area (Å²) in [4.78, 5) is 26.0. The number of fused-ring (bicyclic) bond motifs is 2. The zero-order valence-electron chi connectivity index (χ0n) is 17.6. The maximum absolute atomic E-state index is 12.9. The van der Waals surface area contributed by atoms with Crippen LogP contribution in [0.5, 0.6) is 0 Å². The van der Waals surface area contributed by atoms with Gasteiger partial charge in [-0.3, -0.25) is 14.9 Å². The van der Waals surface area contributed by atoms with Crippen LogP contribution in [0.25, 0.3) is 33.2 Å². The highest BCUT2D eigenvalue weighted by Crippen LogP contribution is 2.40. The van der Waals surface area contributed by atoms with Crippen LogP contribution in [0.2, 0.25) is 0 Å². The highest BCUT2D eigenvalue weighted by atomic mass is 16.2. The van der Waals surface area contributed by atoms with Crippen molar-refractivity contribution in [1.82, 2.24) is 30.5 Å². The van der Waals surface area contributed by atoms with Gasteiger partial charge >= 0.3 is 0 Å². The van der Waals surface area contributed by atoms with Gasteiger partial charge in [0.1, 0.15) is 0 Å². The Bertz CT molecular complexity index is 1450.